The number of pyridine rings is 1. The number of rotatable bonds is 8. The fourth-order valence-corrected chi connectivity index (χ4v) is 4.44. The SMILES string of the molecule is COC[C@@H]1C(C=O)N(Cc2ccc3c(N)ncnc3c2)CCN1C(=O)CCc1ccc(N)nc1. The Morgan fingerprint density at radius 3 is 2.71 bits per heavy atom. The first-order chi connectivity index (χ1) is 16.5. The summed E-state index contributed by atoms with van der Waals surface area (Å²) in [6.07, 6.45) is 4.91. The second kappa shape index (κ2) is 10.5. The molecule has 0 spiro atoms. The van der Waals surface area contributed by atoms with E-state index in [0.29, 0.717) is 44.1 Å². The fraction of sp³-hybridized carbons (Fsp3) is 0.375. The van der Waals surface area contributed by atoms with Gasteiger partial charge in [0.15, 0.2) is 0 Å². The van der Waals surface area contributed by atoms with E-state index < -0.39 is 6.04 Å². The van der Waals surface area contributed by atoms with Crippen molar-refractivity contribution in [3.63, 3.8) is 0 Å². The highest BCUT2D eigenvalue weighted by atomic mass is 16.5. The number of aryl methyl sites for hydroxylation is 1. The molecule has 1 aliphatic heterocycles. The van der Waals surface area contributed by atoms with E-state index in [1.807, 2.05) is 24.3 Å². The van der Waals surface area contributed by atoms with Gasteiger partial charge in [0, 0.05) is 44.7 Å². The Bertz CT molecular complexity index is 1160. The van der Waals surface area contributed by atoms with Gasteiger partial charge >= 0.3 is 0 Å². The van der Waals surface area contributed by atoms with E-state index in [1.54, 1.807) is 24.3 Å². The standard InChI is InChI=1S/C24H29N7O3/c1-34-14-21-20(13-32)30(12-17-2-5-18-19(10-17)28-15-29-24(18)26)8-9-31(21)23(33)7-4-16-3-6-22(25)27-11-16/h2-3,5-6,10-11,13,15,20-21H,4,7-9,12,14H2,1H3,(H2,25,27)(H2,26,28,29)/t20?,21-/m1/s1. The van der Waals surface area contributed by atoms with E-state index in [4.69, 9.17) is 16.2 Å². The first kappa shape index (κ1) is 23.5. The Labute approximate surface area is 197 Å². The molecule has 0 saturated carbocycles. The molecule has 2 aromatic heterocycles. The minimum atomic E-state index is -0.484. The molecular weight excluding hydrogens is 434 g/mol. The van der Waals surface area contributed by atoms with Crippen LogP contribution in [0.25, 0.3) is 10.9 Å². The molecule has 10 nitrogen and oxygen atoms in total. The lowest BCUT2D eigenvalue weighted by atomic mass is 10.00. The summed E-state index contributed by atoms with van der Waals surface area (Å²) in [6, 6.07) is 8.56. The molecule has 1 saturated heterocycles. The van der Waals surface area contributed by atoms with Gasteiger partial charge < -0.3 is 25.9 Å². The molecule has 1 amide bonds. The molecule has 1 aliphatic rings. The number of hydrogen-bond acceptors (Lipinski definition) is 9. The van der Waals surface area contributed by atoms with Gasteiger partial charge in [-0.3, -0.25) is 9.69 Å². The number of nitrogens with zero attached hydrogens (tertiary/aromatic N) is 5. The Kier molecular flexibility index (Phi) is 7.29. The van der Waals surface area contributed by atoms with Gasteiger partial charge in [-0.15, -0.1) is 0 Å². The van der Waals surface area contributed by atoms with E-state index >= 15 is 0 Å². The lowest BCUT2D eigenvalue weighted by molar-refractivity contribution is -0.142. The van der Waals surface area contributed by atoms with Crippen LogP contribution in [0, 0.1) is 0 Å². The molecule has 4 N–H and O–H groups in total. The normalized spacial score (nSPS) is 18.8. The first-order valence-electron chi connectivity index (χ1n) is 11.2. The molecule has 0 aliphatic carbocycles. The summed E-state index contributed by atoms with van der Waals surface area (Å²) in [7, 11) is 1.58. The highest BCUT2D eigenvalue weighted by Crippen LogP contribution is 2.23. The van der Waals surface area contributed by atoms with Crippen molar-refractivity contribution in [2.45, 2.75) is 31.5 Å². The largest absolute Gasteiger partial charge is 0.384 e. The van der Waals surface area contributed by atoms with Crippen molar-refractivity contribution >= 4 is 34.7 Å². The van der Waals surface area contributed by atoms with Gasteiger partial charge in [0.1, 0.15) is 24.2 Å². The molecule has 1 aromatic carbocycles. The van der Waals surface area contributed by atoms with Crippen molar-refractivity contribution in [3.05, 3.63) is 54.0 Å². The molecule has 3 aromatic rings. The Morgan fingerprint density at radius 2 is 1.97 bits per heavy atom. The van der Waals surface area contributed by atoms with Crippen LogP contribution in [0.1, 0.15) is 17.5 Å². The number of carbonyl (C=O) groups excluding carboxylic acids is 2. The van der Waals surface area contributed by atoms with Crippen LogP contribution in [0.2, 0.25) is 0 Å². The van der Waals surface area contributed by atoms with Crippen LogP contribution >= 0.6 is 0 Å². The zero-order valence-electron chi connectivity index (χ0n) is 19.1. The number of carbonyl (C=O) groups is 2. The smallest absolute Gasteiger partial charge is 0.223 e. The third-order valence-corrected chi connectivity index (χ3v) is 6.23. The average Bonchev–Trinajstić information content (AvgIpc) is 2.84. The maximum absolute atomic E-state index is 13.1. The van der Waals surface area contributed by atoms with Crippen molar-refractivity contribution in [2.24, 2.45) is 0 Å². The molecule has 2 atom stereocenters. The van der Waals surface area contributed by atoms with E-state index in [9.17, 15) is 9.59 Å². The third kappa shape index (κ3) is 5.13. The van der Waals surface area contributed by atoms with Gasteiger partial charge in [0.2, 0.25) is 5.91 Å². The van der Waals surface area contributed by atoms with Crippen LogP contribution in [0.5, 0.6) is 0 Å². The molecule has 3 heterocycles. The second-order valence-electron chi connectivity index (χ2n) is 8.41. The number of fused-ring (bicyclic) bond motifs is 1. The zero-order chi connectivity index (χ0) is 24.1. The third-order valence-electron chi connectivity index (χ3n) is 6.23. The van der Waals surface area contributed by atoms with Crippen LogP contribution in [0.4, 0.5) is 11.6 Å². The maximum Gasteiger partial charge on any atom is 0.223 e. The fourth-order valence-electron chi connectivity index (χ4n) is 4.44. The molecule has 10 heteroatoms. The highest BCUT2D eigenvalue weighted by molar-refractivity contribution is 5.88. The van der Waals surface area contributed by atoms with E-state index in [2.05, 4.69) is 19.9 Å². The monoisotopic (exact) mass is 463 g/mol. The van der Waals surface area contributed by atoms with E-state index in [0.717, 1.165) is 28.3 Å². The molecule has 178 valence electrons. The second-order valence-corrected chi connectivity index (χ2v) is 8.41. The minimum Gasteiger partial charge on any atom is -0.384 e. The molecule has 0 bridgehead atoms. The van der Waals surface area contributed by atoms with Gasteiger partial charge in [0.25, 0.3) is 0 Å². The number of nitrogen functional groups attached to an aromatic ring is 2. The van der Waals surface area contributed by atoms with Gasteiger partial charge in [-0.1, -0.05) is 12.1 Å². The van der Waals surface area contributed by atoms with Crippen molar-refractivity contribution < 1.29 is 14.3 Å². The zero-order valence-corrected chi connectivity index (χ0v) is 19.1. The van der Waals surface area contributed by atoms with Gasteiger partial charge in [-0.25, -0.2) is 15.0 Å². The van der Waals surface area contributed by atoms with Crippen LogP contribution in [-0.2, 0) is 27.3 Å². The topological polar surface area (TPSA) is 141 Å². The number of benzene rings is 1. The summed E-state index contributed by atoms with van der Waals surface area (Å²) in [5, 5.41) is 0.794. The van der Waals surface area contributed by atoms with Crippen molar-refractivity contribution in [3.8, 4) is 0 Å². The van der Waals surface area contributed by atoms with Crippen LogP contribution in [0.3, 0.4) is 0 Å². The maximum atomic E-state index is 13.1. The summed E-state index contributed by atoms with van der Waals surface area (Å²) in [5.41, 5.74) is 14.3. The average molecular weight is 464 g/mol. The quantitative estimate of drug-likeness (QED) is 0.469. The van der Waals surface area contributed by atoms with E-state index in [1.165, 1.54) is 6.33 Å². The van der Waals surface area contributed by atoms with Crippen LogP contribution in [-0.4, -0.2) is 75.8 Å². The molecule has 4 rings (SSSR count). The molecule has 34 heavy (non-hydrogen) atoms. The summed E-state index contributed by atoms with van der Waals surface area (Å²) in [5.74, 6) is 0.870. The summed E-state index contributed by atoms with van der Waals surface area (Å²) in [6.45, 7) is 1.90. The van der Waals surface area contributed by atoms with Gasteiger partial charge in [-0.05, 0) is 35.7 Å². The van der Waals surface area contributed by atoms with Crippen molar-refractivity contribution in [2.75, 3.05) is 38.3 Å². The van der Waals surface area contributed by atoms with Crippen LogP contribution in [0.15, 0.2) is 42.9 Å². The number of hydrogen-bond donors (Lipinski definition) is 2. The van der Waals surface area contributed by atoms with Gasteiger partial charge in [0.05, 0.1) is 24.2 Å². The van der Waals surface area contributed by atoms with Gasteiger partial charge in [-0.2, -0.15) is 0 Å². The number of aldehydes is 1. The van der Waals surface area contributed by atoms with E-state index in [-0.39, 0.29) is 18.6 Å². The predicted molar refractivity (Wildman–Crippen MR) is 129 cm³/mol. The lowest BCUT2D eigenvalue weighted by Gasteiger charge is -2.45. The number of aromatic nitrogens is 3. The van der Waals surface area contributed by atoms with Crippen molar-refractivity contribution in [1.29, 1.82) is 0 Å². The Morgan fingerprint density at radius 1 is 1.15 bits per heavy atom. The Hall–Kier alpha value is -3.63. The number of piperazine rings is 1. The molecule has 0 radical (unpaired) electrons. The highest BCUT2D eigenvalue weighted by Gasteiger charge is 2.38. The predicted octanol–water partition coefficient (Wildman–Crippen LogP) is 1.05. The number of nitrogens with two attached hydrogens (primary N) is 2. The molecule has 1 unspecified atom stereocenters. The summed E-state index contributed by atoms with van der Waals surface area (Å²) >= 11 is 0. The van der Waals surface area contributed by atoms with Crippen LogP contribution < -0.4 is 11.5 Å². The molecular formula is C24H29N7O3. The first-order valence-corrected chi connectivity index (χ1v) is 11.2. The Balaban J connectivity index is 1.47. The minimum absolute atomic E-state index is 0.0109. The lowest BCUT2D eigenvalue weighted by Crippen LogP contribution is -2.62. The summed E-state index contributed by atoms with van der Waals surface area (Å²) < 4.78 is 5.40. The summed E-state index contributed by atoms with van der Waals surface area (Å²) in [4.78, 5) is 41.5. The number of methoxy groups -OCH3 is 1. The number of amides is 1. The number of ether oxygens (including phenoxy) is 1. The number of anilines is 2. The molecule has 1 fully saturated rings. The van der Waals surface area contributed by atoms with Crippen molar-refractivity contribution in [1.82, 2.24) is 24.8 Å².